The molecule has 0 amide bonds. The Balaban J connectivity index is 1.54. The highest BCUT2D eigenvalue weighted by Crippen LogP contribution is 2.36. The van der Waals surface area contributed by atoms with Crippen LogP contribution in [0.1, 0.15) is 23.6 Å². The van der Waals surface area contributed by atoms with Crippen LogP contribution in [0.4, 0.5) is 5.69 Å². The lowest BCUT2D eigenvalue weighted by Gasteiger charge is -2.08. The molecule has 1 aromatic heterocycles. The maximum atomic E-state index is 11.0. The molecule has 1 heterocycles. The van der Waals surface area contributed by atoms with Gasteiger partial charge in [-0.2, -0.15) is 5.10 Å². The summed E-state index contributed by atoms with van der Waals surface area (Å²) in [6.45, 7) is 1.99. The van der Waals surface area contributed by atoms with Crippen LogP contribution in [0.2, 0.25) is 0 Å². The summed E-state index contributed by atoms with van der Waals surface area (Å²) in [5.74, 6) is 0. The van der Waals surface area contributed by atoms with Crippen LogP contribution in [-0.4, -0.2) is 22.4 Å². The number of rotatable bonds is 4. The van der Waals surface area contributed by atoms with Gasteiger partial charge in [0.15, 0.2) is 0 Å². The molecular weight excluding hydrogens is 420 g/mol. The maximum absolute atomic E-state index is 11.0. The van der Waals surface area contributed by atoms with E-state index in [1.54, 1.807) is 19.2 Å². The number of benzene rings is 3. The molecule has 0 fully saturated rings. The Morgan fingerprint density at radius 1 is 1.03 bits per heavy atom. The number of fused-ring (bicyclic) bond motifs is 3. The zero-order valence-corrected chi connectivity index (χ0v) is 18.5. The third kappa shape index (κ3) is 3.46. The number of non-ortho nitro benzene ring substituents is 1. The lowest BCUT2D eigenvalue weighted by atomic mass is 10.0. The van der Waals surface area contributed by atoms with E-state index in [4.69, 9.17) is 5.10 Å². The van der Waals surface area contributed by atoms with Crippen molar-refractivity contribution in [1.29, 1.82) is 0 Å². The van der Waals surface area contributed by atoms with E-state index in [9.17, 15) is 10.1 Å². The van der Waals surface area contributed by atoms with E-state index in [2.05, 4.69) is 47.5 Å². The molecule has 6 nitrogen and oxygen atoms in total. The second-order valence-corrected chi connectivity index (χ2v) is 8.47. The molecule has 0 saturated carbocycles. The van der Waals surface area contributed by atoms with Crippen molar-refractivity contribution in [3.05, 3.63) is 104 Å². The quantitative estimate of drug-likeness (QED) is 0.210. The van der Waals surface area contributed by atoms with E-state index in [1.807, 2.05) is 17.0 Å². The Bertz CT molecular complexity index is 1450. The Morgan fingerprint density at radius 3 is 2.53 bits per heavy atom. The minimum Gasteiger partial charge on any atom is -0.261 e. The van der Waals surface area contributed by atoms with Crippen LogP contribution in [0.15, 0.2) is 82.2 Å². The van der Waals surface area contributed by atoms with E-state index in [1.165, 1.54) is 45.7 Å². The van der Waals surface area contributed by atoms with Gasteiger partial charge in [-0.3, -0.25) is 15.1 Å². The number of hydrogen-bond acceptors (Lipinski definition) is 5. The summed E-state index contributed by atoms with van der Waals surface area (Å²) in [5.41, 5.74) is 8.96. The summed E-state index contributed by atoms with van der Waals surface area (Å²) in [6.07, 6.45) is 0.932. The van der Waals surface area contributed by atoms with Crippen LogP contribution in [-0.2, 0) is 6.42 Å². The second-order valence-electron chi connectivity index (χ2n) is 7.63. The molecule has 0 radical (unpaired) electrons. The Kier molecular flexibility index (Phi) is 5.03. The number of aromatic nitrogens is 1. The van der Waals surface area contributed by atoms with Crippen molar-refractivity contribution < 1.29 is 4.92 Å². The second kappa shape index (κ2) is 8.01. The smallest absolute Gasteiger partial charge is 0.261 e. The average Bonchev–Trinajstić information content (AvgIpc) is 3.39. The van der Waals surface area contributed by atoms with Crippen LogP contribution in [0, 0.1) is 10.1 Å². The topological polar surface area (TPSA) is 72.8 Å². The van der Waals surface area contributed by atoms with Crippen molar-refractivity contribution in [2.45, 2.75) is 13.3 Å². The standard InChI is InChI=1S/C25H20N4O2S/c1-16(18-9-12-23-20(13-18)14-19-5-3-4-6-22(19)23)27-28-24(15-32-25(28)26-2)17-7-10-21(11-8-17)29(30)31/h3-13,15H,14H2,1-2H3. The summed E-state index contributed by atoms with van der Waals surface area (Å²) in [6, 6.07) is 21.5. The molecule has 0 aliphatic heterocycles. The van der Waals surface area contributed by atoms with Gasteiger partial charge >= 0.3 is 0 Å². The van der Waals surface area contributed by atoms with Gasteiger partial charge in [0.1, 0.15) is 0 Å². The van der Waals surface area contributed by atoms with Crippen molar-refractivity contribution in [3.63, 3.8) is 0 Å². The normalized spacial score (nSPS) is 13.2. The minimum atomic E-state index is -0.396. The van der Waals surface area contributed by atoms with Gasteiger partial charge in [0.2, 0.25) is 4.80 Å². The van der Waals surface area contributed by atoms with Crippen LogP contribution in [0.25, 0.3) is 22.4 Å². The third-order valence-electron chi connectivity index (χ3n) is 5.71. The van der Waals surface area contributed by atoms with Gasteiger partial charge in [0.05, 0.1) is 16.3 Å². The van der Waals surface area contributed by atoms with Gasteiger partial charge in [-0.25, -0.2) is 4.68 Å². The lowest BCUT2D eigenvalue weighted by Crippen LogP contribution is -2.13. The fraction of sp³-hybridized carbons (Fsp3) is 0.120. The van der Waals surface area contributed by atoms with Crippen LogP contribution in [0.5, 0.6) is 0 Å². The van der Waals surface area contributed by atoms with Gasteiger partial charge in [0, 0.05) is 30.1 Å². The molecule has 1 aliphatic rings. The van der Waals surface area contributed by atoms with Gasteiger partial charge in [-0.1, -0.05) is 36.4 Å². The van der Waals surface area contributed by atoms with E-state index in [0.29, 0.717) is 0 Å². The Hall–Kier alpha value is -3.84. The summed E-state index contributed by atoms with van der Waals surface area (Å²) in [4.78, 5) is 15.7. The number of nitro groups is 1. The van der Waals surface area contributed by atoms with Crippen LogP contribution in [0.3, 0.4) is 0 Å². The summed E-state index contributed by atoms with van der Waals surface area (Å²) < 4.78 is 1.81. The molecule has 0 bridgehead atoms. The summed E-state index contributed by atoms with van der Waals surface area (Å²) >= 11 is 1.49. The van der Waals surface area contributed by atoms with Crippen molar-refractivity contribution in [3.8, 4) is 22.4 Å². The Labute approximate surface area is 189 Å². The van der Waals surface area contributed by atoms with Crippen LogP contribution < -0.4 is 4.80 Å². The monoisotopic (exact) mass is 440 g/mol. The highest BCUT2D eigenvalue weighted by Gasteiger charge is 2.18. The Morgan fingerprint density at radius 2 is 1.78 bits per heavy atom. The number of thiazole rings is 1. The van der Waals surface area contributed by atoms with E-state index in [0.717, 1.165) is 33.8 Å². The van der Waals surface area contributed by atoms with Crippen molar-refractivity contribution in [1.82, 2.24) is 4.68 Å². The largest absolute Gasteiger partial charge is 0.269 e. The SMILES string of the molecule is CN=c1scc(-c2ccc([N+](=O)[O-])cc2)n1N=C(C)c1ccc2c(c1)Cc1ccccc1-2. The van der Waals surface area contributed by atoms with Gasteiger partial charge in [-0.15, -0.1) is 11.3 Å². The summed E-state index contributed by atoms with van der Waals surface area (Å²) in [5, 5.41) is 17.8. The van der Waals surface area contributed by atoms with E-state index < -0.39 is 4.92 Å². The fourth-order valence-corrected chi connectivity index (χ4v) is 4.88. The molecule has 0 unspecified atom stereocenters. The van der Waals surface area contributed by atoms with Gasteiger partial charge in [-0.05, 0) is 59.4 Å². The van der Waals surface area contributed by atoms with Gasteiger partial charge < -0.3 is 0 Å². The molecule has 0 atom stereocenters. The highest BCUT2D eigenvalue weighted by atomic mass is 32.1. The molecule has 3 aromatic carbocycles. The zero-order chi connectivity index (χ0) is 22.2. The first-order chi connectivity index (χ1) is 15.5. The molecule has 0 spiro atoms. The van der Waals surface area contributed by atoms with E-state index in [-0.39, 0.29) is 5.69 Å². The van der Waals surface area contributed by atoms with Gasteiger partial charge in [0.25, 0.3) is 5.69 Å². The molecule has 5 rings (SSSR count). The highest BCUT2D eigenvalue weighted by molar-refractivity contribution is 7.07. The first-order valence-corrected chi connectivity index (χ1v) is 11.1. The lowest BCUT2D eigenvalue weighted by molar-refractivity contribution is -0.384. The molecule has 4 aromatic rings. The number of hydrogen-bond donors (Lipinski definition) is 0. The predicted octanol–water partition coefficient (Wildman–Crippen LogP) is 5.50. The number of nitro benzene ring substituents is 1. The summed E-state index contributed by atoms with van der Waals surface area (Å²) in [7, 11) is 1.74. The van der Waals surface area contributed by atoms with Crippen molar-refractivity contribution in [2.75, 3.05) is 7.05 Å². The number of nitrogens with zero attached hydrogens (tertiary/aromatic N) is 4. The molecule has 0 N–H and O–H groups in total. The molecule has 1 aliphatic carbocycles. The minimum absolute atomic E-state index is 0.0646. The van der Waals surface area contributed by atoms with Crippen molar-refractivity contribution >= 4 is 22.7 Å². The molecule has 0 saturated heterocycles. The molecular formula is C25H20N4O2S. The molecule has 7 heteroatoms. The first kappa shape index (κ1) is 20.1. The fourth-order valence-electron chi connectivity index (χ4n) is 4.08. The average molecular weight is 441 g/mol. The predicted molar refractivity (Wildman–Crippen MR) is 128 cm³/mol. The first-order valence-electron chi connectivity index (χ1n) is 10.2. The van der Waals surface area contributed by atoms with E-state index >= 15 is 0 Å². The molecule has 158 valence electrons. The third-order valence-corrected chi connectivity index (χ3v) is 6.62. The maximum Gasteiger partial charge on any atom is 0.269 e. The molecule has 32 heavy (non-hydrogen) atoms. The van der Waals surface area contributed by atoms with Crippen LogP contribution >= 0.6 is 11.3 Å². The zero-order valence-electron chi connectivity index (χ0n) is 17.6. The van der Waals surface area contributed by atoms with Crippen molar-refractivity contribution in [2.24, 2.45) is 10.1 Å².